The maximum absolute atomic E-state index is 11.4. The summed E-state index contributed by atoms with van der Waals surface area (Å²) in [6.45, 7) is 0. The van der Waals surface area contributed by atoms with Gasteiger partial charge in [-0.15, -0.1) is 0 Å². The number of rotatable bonds is 2. The van der Waals surface area contributed by atoms with E-state index >= 15 is 0 Å². The van der Waals surface area contributed by atoms with Gasteiger partial charge in [0.05, 0.1) is 22.7 Å². The summed E-state index contributed by atoms with van der Waals surface area (Å²) in [7, 11) is -2.87. The van der Waals surface area contributed by atoms with Crippen molar-refractivity contribution in [2.45, 2.75) is 37.1 Å². The highest BCUT2D eigenvalue weighted by atomic mass is 32.2. The number of sulfone groups is 1. The van der Waals surface area contributed by atoms with Crippen molar-refractivity contribution in [2.75, 3.05) is 11.5 Å². The number of hydrogen-bond donors (Lipinski definition) is 1. The third-order valence-electron chi connectivity index (χ3n) is 3.84. The molecule has 6 heteroatoms. The molecule has 0 bridgehead atoms. The van der Waals surface area contributed by atoms with Gasteiger partial charge in [-0.25, -0.2) is 13.4 Å². The van der Waals surface area contributed by atoms with E-state index in [1.807, 2.05) is 0 Å². The standard InChI is InChI=1S/C11H16N2O3S/c12-11(3-1-4-11)10-13-9(6-16-10)8-2-5-17(14,15)7-8/h6,8H,1-5,7,12H2. The molecule has 1 aromatic heterocycles. The van der Waals surface area contributed by atoms with Crippen molar-refractivity contribution >= 4 is 9.84 Å². The maximum Gasteiger partial charge on any atom is 0.214 e. The van der Waals surface area contributed by atoms with Gasteiger partial charge in [-0.05, 0) is 25.7 Å². The Kier molecular flexibility index (Phi) is 2.35. The van der Waals surface area contributed by atoms with Crippen molar-refractivity contribution in [3.63, 3.8) is 0 Å². The summed E-state index contributed by atoms with van der Waals surface area (Å²) in [6, 6.07) is 0. The van der Waals surface area contributed by atoms with Crippen LogP contribution in [0.25, 0.3) is 0 Å². The second kappa shape index (κ2) is 3.55. The molecule has 1 saturated carbocycles. The molecule has 2 N–H and O–H groups in total. The molecule has 0 aromatic carbocycles. The van der Waals surface area contributed by atoms with E-state index in [9.17, 15) is 8.42 Å². The first-order valence-electron chi connectivity index (χ1n) is 5.94. The minimum absolute atomic E-state index is 0.0128. The van der Waals surface area contributed by atoms with E-state index in [1.54, 1.807) is 6.26 Å². The zero-order valence-corrected chi connectivity index (χ0v) is 10.4. The normalized spacial score (nSPS) is 30.1. The van der Waals surface area contributed by atoms with E-state index in [4.69, 9.17) is 10.2 Å². The van der Waals surface area contributed by atoms with Crippen molar-refractivity contribution < 1.29 is 12.8 Å². The summed E-state index contributed by atoms with van der Waals surface area (Å²) < 4.78 is 28.2. The van der Waals surface area contributed by atoms with Crippen LogP contribution in [0, 0.1) is 0 Å². The molecule has 2 heterocycles. The Morgan fingerprint density at radius 2 is 2.24 bits per heavy atom. The number of nitrogens with zero attached hydrogens (tertiary/aromatic N) is 1. The molecule has 1 atom stereocenters. The van der Waals surface area contributed by atoms with Crippen LogP contribution in [-0.4, -0.2) is 24.9 Å². The molecular formula is C11H16N2O3S. The lowest BCUT2D eigenvalue weighted by atomic mass is 9.78. The molecule has 3 rings (SSSR count). The summed E-state index contributed by atoms with van der Waals surface area (Å²) in [4.78, 5) is 4.40. The van der Waals surface area contributed by atoms with Crippen LogP contribution in [-0.2, 0) is 15.4 Å². The van der Waals surface area contributed by atoms with Crippen LogP contribution in [0.2, 0.25) is 0 Å². The van der Waals surface area contributed by atoms with Gasteiger partial charge in [0.2, 0.25) is 5.89 Å². The van der Waals surface area contributed by atoms with E-state index in [-0.39, 0.29) is 17.4 Å². The smallest absolute Gasteiger partial charge is 0.214 e. The summed E-state index contributed by atoms with van der Waals surface area (Å²) in [6.07, 6.45) is 5.12. The Bertz CT molecular complexity index is 531. The molecule has 17 heavy (non-hydrogen) atoms. The minimum atomic E-state index is -2.87. The van der Waals surface area contributed by atoms with Gasteiger partial charge in [0, 0.05) is 5.92 Å². The number of hydrogen-bond acceptors (Lipinski definition) is 5. The van der Waals surface area contributed by atoms with E-state index in [2.05, 4.69) is 4.98 Å². The van der Waals surface area contributed by atoms with Crippen molar-refractivity contribution in [1.82, 2.24) is 4.98 Å². The highest BCUT2D eigenvalue weighted by molar-refractivity contribution is 7.91. The van der Waals surface area contributed by atoms with E-state index in [1.165, 1.54) is 0 Å². The Morgan fingerprint density at radius 1 is 1.47 bits per heavy atom. The SMILES string of the molecule is NC1(c2nc(C3CCS(=O)(=O)C3)co2)CCC1. The second-order valence-corrected chi connectivity index (χ2v) is 7.42. The molecular weight excluding hydrogens is 240 g/mol. The zero-order valence-electron chi connectivity index (χ0n) is 9.55. The van der Waals surface area contributed by atoms with Crippen molar-refractivity contribution in [2.24, 2.45) is 5.73 Å². The lowest BCUT2D eigenvalue weighted by Crippen LogP contribution is -2.43. The molecule has 0 amide bonds. The average Bonchev–Trinajstić information content (AvgIpc) is 2.80. The number of nitrogens with two attached hydrogens (primary N) is 1. The van der Waals surface area contributed by atoms with Gasteiger partial charge in [0.25, 0.3) is 0 Å². The predicted molar refractivity (Wildman–Crippen MR) is 62.2 cm³/mol. The Balaban J connectivity index is 1.81. The minimum Gasteiger partial charge on any atom is -0.447 e. The maximum atomic E-state index is 11.4. The van der Waals surface area contributed by atoms with Crippen LogP contribution < -0.4 is 5.73 Å². The van der Waals surface area contributed by atoms with Crippen molar-refractivity contribution in [1.29, 1.82) is 0 Å². The van der Waals surface area contributed by atoms with Crippen LogP contribution in [0.3, 0.4) is 0 Å². The van der Waals surface area contributed by atoms with Gasteiger partial charge in [0.15, 0.2) is 9.84 Å². The van der Waals surface area contributed by atoms with Crippen LogP contribution in [0.5, 0.6) is 0 Å². The van der Waals surface area contributed by atoms with Crippen LogP contribution in [0.15, 0.2) is 10.7 Å². The Hall–Kier alpha value is -0.880. The molecule has 0 spiro atoms. The number of oxazole rings is 1. The predicted octanol–water partition coefficient (Wildman–Crippen LogP) is 0.915. The molecule has 1 aromatic rings. The van der Waals surface area contributed by atoms with Gasteiger partial charge < -0.3 is 10.2 Å². The first-order valence-corrected chi connectivity index (χ1v) is 7.76. The molecule has 1 saturated heterocycles. The lowest BCUT2D eigenvalue weighted by molar-refractivity contribution is 0.198. The van der Waals surface area contributed by atoms with E-state index < -0.39 is 15.4 Å². The van der Waals surface area contributed by atoms with Crippen molar-refractivity contribution in [3.05, 3.63) is 17.8 Å². The molecule has 0 radical (unpaired) electrons. The highest BCUT2D eigenvalue weighted by Crippen LogP contribution is 2.39. The lowest BCUT2D eigenvalue weighted by Gasteiger charge is -2.34. The van der Waals surface area contributed by atoms with Crippen LogP contribution in [0.1, 0.15) is 43.2 Å². The molecule has 5 nitrogen and oxygen atoms in total. The summed E-state index contributed by atoms with van der Waals surface area (Å²) >= 11 is 0. The van der Waals surface area contributed by atoms with Gasteiger partial charge in [-0.3, -0.25) is 0 Å². The third-order valence-corrected chi connectivity index (χ3v) is 5.61. The molecule has 1 unspecified atom stereocenters. The molecule has 94 valence electrons. The van der Waals surface area contributed by atoms with Crippen LogP contribution in [0.4, 0.5) is 0 Å². The quantitative estimate of drug-likeness (QED) is 0.850. The first kappa shape index (κ1) is 11.2. The largest absolute Gasteiger partial charge is 0.447 e. The second-order valence-electron chi connectivity index (χ2n) is 5.19. The first-order chi connectivity index (χ1) is 7.99. The monoisotopic (exact) mass is 256 g/mol. The highest BCUT2D eigenvalue weighted by Gasteiger charge is 2.40. The Labute approximate surface area is 100 Å². The topological polar surface area (TPSA) is 86.2 Å². The summed E-state index contributed by atoms with van der Waals surface area (Å²) in [5, 5.41) is 0. The summed E-state index contributed by atoms with van der Waals surface area (Å²) in [5.74, 6) is 1.01. The van der Waals surface area contributed by atoms with E-state index in [0.29, 0.717) is 12.3 Å². The molecule has 1 aliphatic carbocycles. The zero-order chi connectivity index (χ0) is 12.1. The van der Waals surface area contributed by atoms with Gasteiger partial charge in [0.1, 0.15) is 6.26 Å². The van der Waals surface area contributed by atoms with Crippen molar-refractivity contribution in [3.8, 4) is 0 Å². The van der Waals surface area contributed by atoms with Crippen LogP contribution >= 0.6 is 0 Å². The Morgan fingerprint density at radius 3 is 2.76 bits per heavy atom. The average molecular weight is 256 g/mol. The fourth-order valence-electron chi connectivity index (χ4n) is 2.50. The van der Waals surface area contributed by atoms with Gasteiger partial charge in [-0.1, -0.05) is 0 Å². The number of aromatic nitrogens is 1. The van der Waals surface area contributed by atoms with Gasteiger partial charge >= 0.3 is 0 Å². The fourth-order valence-corrected chi connectivity index (χ4v) is 4.26. The molecule has 1 aliphatic heterocycles. The summed E-state index contributed by atoms with van der Waals surface area (Å²) in [5.41, 5.74) is 6.46. The fraction of sp³-hybridized carbons (Fsp3) is 0.727. The van der Waals surface area contributed by atoms with Gasteiger partial charge in [-0.2, -0.15) is 0 Å². The molecule has 2 fully saturated rings. The third kappa shape index (κ3) is 1.89. The van der Waals surface area contributed by atoms with E-state index in [0.717, 1.165) is 25.0 Å². The molecule has 2 aliphatic rings.